The van der Waals surface area contributed by atoms with Gasteiger partial charge in [-0.2, -0.15) is 0 Å². The van der Waals surface area contributed by atoms with Crippen molar-refractivity contribution in [3.8, 4) is 11.1 Å². The molecule has 0 atom stereocenters. The van der Waals surface area contributed by atoms with Crippen LogP contribution in [0.2, 0.25) is 5.02 Å². The van der Waals surface area contributed by atoms with E-state index >= 15 is 0 Å². The summed E-state index contributed by atoms with van der Waals surface area (Å²) in [6.45, 7) is 2.04. The number of carboxylic acids is 1. The van der Waals surface area contributed by atoms with Crippen LogP contribution in [0.25, 0.3) is 11.1 Å². The van der Waals surface area contributed by atoms with Gasteiger partial charge in [0.1, 0.15) is 0 Å². The molecule has 98 valence electrons. The molecule has 2 aromatic carbocycles. The van der Waals surface area contributed by atoms with Gasteiger partial charge < -0.3 is 5.11 Å². The molecule has 0 radical (unpaired) electrons. The van der Waals surface area contributed by atoms with Crippen molar-refractivity contribution in [2.75, 3.05) is 0 Å². The van der Waals surface area contributed by atoms with Crippen LogP contribution in [0.15, 0.2) is 42.5 Å². The van der Waals surface area contributed by atoms with Crippen LogP contribution >= 0.6 is 11.6 Å². The Balaban J connectivity index is 2.37. The smallest absolute Gasteiger partial charge is 0.303 e. The first kappa shape index (κ1) is 13.6. The fourth-order valence-electron chi connectivity index (χ4n) is 2.06. The molecule has 1 N–H and O–H groups in total. The summed E-state index contributed by atoms with van der Waals surface area (Å²) in [5, 5.41) is 9.42. The lowest BCUT2D eigenvalue weighted by Crippen LogP contribution is -1.97. The van der Waals surface area contributed by atoms with Crippen LogP contribution in [0.1, 0.15) is 17.5 Å². The second-order valence-corrected chi connectivity index (χ2v) is 4.93. The lowest BCUT2D eigenvalue weighted by Gasteiger charge is -2.10. The van der Waals surface area contributed by atoms with Crippen LogP contribution < -0.4 is 0 Å². The van der Waals surface area contributed by atoms with E-state index in [0.29, 0.717) is 11.4 Å². The summed E-state index contributed by atoms with van der Waals surface area (Å²) in [6, 6.07) is 13.7. The summed E-state index contributed by atoms with van der Waals surface area (Å²) in [6.07, 6.45) is 0.653. The molecule has 2 aromatic rings. The maximum absolute atomic E-state index is 10.6. The van der Waals surface area contributed by atoms with E-state index in [2.05, 4.69) is 0 Å². The summed E-state index contributed by atoms with van der Waals surface area (Å²) in [5.41, 5.74) is 4.19. The SMILES string of the molecule is Cc1ccccc1-c1cc(CCC(=O)O)ccc1Cl. The van der Waals surface area contributed by atoms with Gasteiger partial charge in [-0.1, -0.05) is 41.9 Å². The number of aryl methyl sites for hydroxylation is 2. The molecule has 0 aliphatic heterocycles. The average molecular weight is 275 g/mol. The minimum atomic E-state index is -0.785. The van der Waals surface area contributed by atoms with Gasteiger partial charge in [0, 0.05) is 17.0 Å². The zero-order valence-corrected chi connectivity index (χ0v) is 11.4. The Kier molecular flexibility index (Phi) is 4.23. The molecule has 0 fully saturated rings. The van der Waals surface area contributed by atoms with Crippen LogP contribution in [0.4, 0.5) is 0 Å². The largest absolute Gasteiger partial charge is 0.481 e. The minimum absolute atomic E-state index is 0.134. The van der Waals surface area contributed by atoms with E-state index in [0.717, 1.165) is 22.3 Å². The highest BCUT2D eigenvalue weighted by molar-refractivity contribution is 6.33. The monoisotopic (exact) mass is 274 g/mol. The lowest BCUT2D eigenvalue weighted by molar-refractivity contribution is -0.136. The number of carboxylic acid groups (broad SMARTS) is 1. The average Bonchev–Trinajstić information content (AvgIpc) is 2.38. The molecule has 0 heterocycles. The first-order valence-corrected chi connectivity index (χ1v) is 6.52. The zero-order valence-electron chi connectivity index (χ0n) is 10.7. The van der Waals surface area contributed by atoms with Crippen LogP contribution in [0.5, 0.6) is 0 Å². The fourth-order valence-corrected chi connectivity index (χ4v) is 2.28. The van der Waals surface area contributed by atoms with E-state index in [4.69, 9.17) is 16.7 Å². The molecule has 0 aromatic heterocycles. The maximum atomic E-state index is 10.6. The number of hydrogen-bond donors (Lipinski definition) is 1. The molecule has 0 saturated carbocycles. The van der Waals surface area contributed by atoms with Crippen LogP contribution in [-0.2, 0) is 11.2 Å². The zero-order chi connectivity index (χ0) is 13.8. The summed E-state index contributed by atoms with van der Waals surface area (Å²) in [4.78, 5) is 10.6. The summed E-state index contributed by atoms with van der Waals surface area (Å²) in [5.74, 6) is -0.785. The third-order valence-corrected chi connectivity index (χ3v) is 3.42. The first-order valence-electron chi connectivity index (χ1n) is 6.14. The van der Waals surface area contributed by atoms with Gasteiger partial charge in [-0.3, -0.25) is 4.79 Å². The van der Waals surface area contributed by atoms with E-state index in [1.54, 1.807) is 0 Å². The topological polar surface area (TPSA) is 37.3 Å². The molecule has 0 saturated heterocycles. The standard InChI is InChI=1S/C16H15ClO2/c1-11-4-2-3-5-13(11)14-10-12(6-8-15(14)17)7-9-16(18)19/h2-6,8,10H,7,9H2,1H3,(H,18,19). The van der Waals surface area contributed by atoms with Gasteiger partial charge in [0.15, 0.2) is 0 Å². The third kappa shape index (κ3) is 3.36. The van der Waals surface area contributed by atoms with Gasteiger partial charge in [0.05, 0.1) is 0 Å². The number of halogens is 1. The van der Waals surface area contributed by atoms with Gasteiger partial charge in [-0.05, 0) is 42.2 Å². The number of rotatable bonds is 4. The molecule has 2 rings (SSSR count). The van der Waals surface area contributed by atoms with E-state index in [-0.39, 0.29) is 6.42 Å². The van der Waals surface area contributed by atoms with E-state index in [1.807, 2.05) is 49.4 Å². The molecule has 2 nitrogen and oxygen atoms in total. The molecule has 3 heteroatoms. The quantitative estimate of drug-likeness (QED) is 0.901. The Morgan fingerprint density at radius 1 is 1.16 bits per heavy atom. The molecule has 0 aliphatic rings. The van der Waals surface area contributed by atoms with Crippen molar-refractivity contribution in [3.05, 3.63) is 58.6 Å². The highest BCUT2D eigenvalue weighted by Crippen LogP contribution is 2.31. The highest BCUT2D eigenvalue weighted by Gasteiger charge is 2.08. The van der Waals surface area contributed by atoms with E-state index in [1.165, 1.54) is 0 Å². The third-order valence-electron chi connectivity index (χ3n) is 3.09. The van der Waals surface area contributed by atoms with Gasteiger partial charge in [0.2, 0.25) is 0 Å². The molecular formula is C16H15ClO2. The Morgan fingerprint density at radius 2 is 1.89 bits per heavy atom. The Morgan fingerprint density at radius 3 is 2.58 bits per heavy atom. The van der Waals surface area contributed by atoms with E-state index in [9.17, 15) is 4.79 Å². The van der Waals surface area contributed by atoms with Crippen molar-refractivity contribution < 1.29 is 9.90 Å². The van der Waals surface area contributed by atoms with Gasteiger partial charge in [0.25, 0.3) is 0 Å². The van der Waals surface area contributed by atoms with E-state index < -0.39 is 5.97 Å². The van der Waals surface area contributed by atoms with Crippen molar-refractivity contribution in [2.45, 2.75) is 19.8 Å². The first-order chi connectivity index (χ1) is 9.08. The number of benzene rings is 2. The second-order valence-electron chi connectivity index (χ2n) is 4.52. The molecule has 0 amide bonds. The lowest BCUT2D eigenvalue weighted by atomic mass is 9.97. The predicted molar refractivity (Wildman–Crippen MR) is 77.6 cm³/mol. The minimum Gasteiger partial charge on any atom is -0.481 e. The fraction of sp³-hybridized carbons (Fsp3) is 0.188. The van der Waals surface area contributed by atoms with Crippen molar-refractivity contribution in [3.63, 3.8) is 0 Å². The molecule has 0 bridgehead atoms. The molecule has 0 unspecified atom stereocenters. The molecular weight excluding hydrogens is 260 g/mol. The Labute approximate surface area is 117 Å². The number of hydrogen-bond acceptors (Lipinski definition) is 1. The maximum Gasteiger partial charge on any atom is 0.303 e. The van der Waals surface area contributed by atoms with Crippen LogP contribution in [0, 0.1) is 6.92 Å². The molecule has 0 aliphatic carbocycles. The van der Waals surface area contributed by atoms with Crippen LogP contribution in [-0.4, -0.2) is 11.1 Å². The van der Waals surface area contributed by atoms with Gasteiger partial charge in [-0.15, -0.1) is 0 Å². The summed E-state index contributed by atoms with van der Waals surface area (Å²) in [7, 11) is 0. The molecule has 19 heavy (non-hydrogen) atoms. The van der Waals surface area contributed by atoms with Crippen molar-refractivity contribution in [1.82, 2.24) is 0 Å². The van der Waals surface area contributed by atoms with Gasteiger partial charge in [-0.25, -0.2) is 0 Å². The number of carbonyl (C=O) groups is 1. The van der Waals surface area contributed by atoms with Crippen molar-refractivity contribution in [2.24, 2.45) is 0 Å². The molecule has 0 spiro atoms. The highest BCUT2D eigenvalue weighted by atomic mass is 35.5. The predicted octanol–water partition coefficient (Wildman–Crippen LogP) is 4.33. The Hall–Kier alpha value is -1.80. The normalized spacial score (nSPS) is 10.4. The Bertz CT molecular complexity index is 605. The van der Waals surface area contributed by atoms with Crippen molar-refractivity contribution in [1.29, 1.82) is 0 Å². The summed E-state index contributed by atoms with van der Waals surface area (Å²) < 4.78 is 0. The summed E-state index contributed by atoms with van der Waals surface area (Å²) >= 11 is 6.25. The van der Waals surface area contributed by atoms with Crippen molar-refractivity contribution >= 4 is 17.6 Å². The number of aliphatic carboxylic acids is 1. The second kappa shape index (κ2) is 5.89. The van der Waals surface area contributed by atoms with Crippen LogP contribution in [0.3, 0.4) is 0 Å². The van der Waals surface area contributed by atoms with Gasteiger partial charge >= 0.3 is 5.97 Å².